The Morgan fingerprint density at radius 2 is 2.08 bits per heavy atom. The Morgan fingerprint density at radius 3 is 2.81 bits per heavy atom. The number of esters is 1. The molecule has 0 saturated heterocycles. The summed E-state index contributed by atoms with van der Waals surface area (Å²) >= 11 is 1.50. The number of carbonyl (C=O) groups excluding carboxylic acids is 2. The zero-order chi connectivity index (χ0) is 18.5. The van der Waals surface area contributed by atoms with Gasteiger partial charge in [-0.05, 0) is 49.3 Å². The molecule has 0 aliphatic heterocycles. The van der Waals surface area contributed by atoms with Gasteiger partial charge in [0, 0.05) is 11.0 Å². The number of anilines is 1. The van der Waals surface area contributed by atoms with Crippen molar-refractivity contribution in [3.05, 3.63) is 58.0 Å². The molecule has 0 radical (unpaired) electrons. The lowest BCUT2D eigenvalue weighted by atomic mass is 9.88. The van der Waals surface area contributed by atoms with Crippen LogP contribution in [0, 0.1) is 5.92 Å². The van der Waals surface area contributed by atoms with Crippen LogP contribution in [0.3, 0.4) is 0 Å². The Balaban J connectivity index is 1.83. The molecule has 1 heterocycles. The normalized spacial score (nSPS) is 16.3. The fourth-order valence-corrected chi connectivity index (χ4v) is 4.55. The summed E-state index contributed by atoms with van der Waals surface area (Å²) in [5, 5.41) is 3.49. The highest BCUT2D eigenvalue weighted by Gasteiger charge is 2.28. The van der Waals surface area contributed by atoms with E-state index in [1.165, 1.54) is 22.3 Å². The highest BCUT2D eigenvalue weighted by molar-refractivity contribution is 7.17. The second-order valence-corrected chi connectivity index (χ2v) is 7.61. The van der Waals surface area contributed by atoms with Crippen LogP contribution in [0.4, 0.5) is 5.00 Å². The van der Waals surface area contributed by atoms with Gasteiger partial charge in [-0.2, -0.15) is 0 Å². The maximum Gasteiger partial charge on any atom is 0.341 e. The molecule has 136 valence electrons. The number of fused-ring (bicyclic) bond motifs is 1. The summed E-state index contributed by atoms with van der Waals surface area (Å²) in [6, 6.07) is 9.63. The summed E-state index contributed by atoms with van der Waals surface area (Å²) in [5.74, 6) is 0.00524. The number of amides is 1. The largest absolute Gasteiger partial charge is 0.462 e. The van der Waals surface area contributed by atoms with Gasteiger partial charge >= 0.3 is 5.97 Å². The number of rotatable bonds is 5. The van der Waals surface area contributed by atoms with Crippen molar-refractivity contribution in [1.29, 1.82) is 0 Å². The molecule has 5 heteroatoms. The summed E-state index contributed by atoms with van der Waals surface area (Å²) < 4.78 is 5.23. The molecule has 1 N–H and O–H groups in total. The first-order valence-electron chi connectivity index (χ1n) is 8.94. The lowest BCUT2D eigenvalue weighted by Crippen LogP contribution is -2.15. The molecule has 1 atom stereocenters. The summed E-state index contributed by atoms with van der Waals surface area (Å²) in [6.07, 6.45) is 6.11. The number of carbonyl (C=O) groups is 2. The number of nitrogens with one attached hydrogen (secondary N) is 1. The van der Waals surface area contributed by atoms with E-state index in [0.717, 1.165) is 30.4 Å². The molecule has 0 bridgehead atoms. The number of ether oxygens (including phenoxy) is 1. The Kier molecular flexibility index (Phi) is 5.89. The van der Waals surface area contributed by atoms with Gasteiger partial charge in [0.1, 0.15) is 5.00 Å². The molecular formula is C21H23NO3S. The third kappa shape index (κ3) is 4.22. The van der Waals surface area contributed by atoms with E-state index in [1.807, 2.05) is 30.3 Å². The molecule has 0 spiro atoms. The maximum atomic E-state index is 12.5. The van der Waals surface area contributed by atoms with Crippen LogP contribution in [0.25, 0.3) is 6.08 Å². The lowest BCUT2D eigenvalue weighted by molar-refractivity contribution is -0.111. The smallest absolute Gasteiger partial charge is 0.341 e. The summed E-state index contributed by atoms with van der Waals surface area (Å²) in [7, 11) is 0. The van der Waals surface area contributed by atoms with Crippen molar-refractivity contribution in [2.24, 2.45) is 5.92 Å². The van der Waals surface area contributed by atoms with Gasteiger partial charge < -0.3 is 10.1 Å². The average molecular weight is 369 g/mol. The molecular weight excluding hydrogens is 346 g/mol. The van der Waals surface area contributed by atoms with Crippen molar-refractivity contribution in [3.63, 3.8) is 0 Å². The maximum absolute atomic E-state index is 12.5. The third-order valence-corrected chi connectivity index (χ3v) is 5.62. The zero-order valence-electron chi connectivity index (χ0n) is 15.1. The molecule has 1 aliphatic rings. The first-order chi connectivity index (χ1) is 12.6. The van der Waals surface area contributed by atoms with Crippen LogP contribution in [0.2, 0.25) is 0 Å². The van der Waals surface area contributed by atoms with Gasteiger partial charge in [-0.1, -0.05) is 37.3 Å². The Hall–Kier alpha value is -2.40. The molecule has 1 aromatic heterocycles. The first kappa shape index (κ1) is 18.4. The van der Waals surface area contributed by atoms with E-state index in [1.54, 1.807) is 13.0 Å². The van der Waals surface area contributed by atoms with Crippen molar-refractivity contribution in [1.82, 2.24) is 0 Å². The predicted octanol–water partition coefficient (Wildman–Crippen LogP) is 4.70. The van der Waals surface area contributed by atoms with Gasteiger partial charge in [-0.3, -0.25) is 4.79 Å². The summed E-state index contributed by atoms with van der Waals surface area (Å²) in [4.78, 5) is 26.0. The topological polar surface area (TPSA) is 55.4 Å². The molecule has 1 aliphatic carbocycles. The van der Waals surface area contributed by atoms with Crippen LogP contribution in [0.1, 0.15) is 46.6 Å². The second kappa shape index (κ2) is 8.32. The second-order valence-electron chi connectivity index (χ2n) is 6.51. The van der Waals surface area contributed by atoms with E-state index in [2.05, 4.69) is 12.2 Å². The van der Waals surface area contributed by atoms with Gasteiger partial charge in [0.05, 0.1) is 12.2 Å². The summed E-state index contributed by atoms with van der Waals surface area (Å²) in [5.41, 5.74) is 2.54. The van der Waals surface area contributed by atoms with Crippen LogP contribution >= 0.6 is 11.3 Å². The van der Waals surface area contributed by atoms with E-state index < -0.39 is 0 Å². The minimum atomic E-state index is -0.345. The van der Waals surface area contributed by atoms with E-state index in [4.69, 9.17) is 4.74 Å². The van der Waals surface area contributed by atoms with Gasteiger partial charge in [-0.15, -0.1) is 11.3 Å². The monoisotopic (exact) mass is 369 g/mol. The predicted molar refractivity (Wildman–Crippen MR) is 106 cm³/mol. The van der Waals surface area contributed by atoms with E-state index in [0.29, 0.717) is 23.1 Å². The number of thiophene rings is 1. The average Bonchev–Trinajstić information content (AvgIpc) is 2.98. The highest BCUT2D eigenvalue weighted by Crippen LogP contribution is 2.40. The number of hydrogen-bond acceptors (Lipinski definition) is 4. The Morgan fingerprint density at radius 1 is 1.31 bits per heavy atom. The molecule has 26 heavy (non-hydrogen) atoms. The molecule has 4 nitrogen and oxygen atoms in total. The molecule has 0 fully saturated rings. The highest BCUT2D eigenvalue weighted by atomic mass is 32.1. The van der Waals surface area contributed by atoms with E-state index in [9.17, 15) is 9.59 Å². The van der Waals surface area contributed by atoms with Gasteiger partial charge in [0.25, 0.3) is 0 Å². The van der Waals surface area contributed by atoms with Crippen LogP contribution in [0.5, 0.6) is 0 Å². The van der Waals surface area contributed by atoms with Crippen molar-refractivity contribution in [2.45, 2.75) is 33.1 Å². The number of benzene rings is 1. The van der Waals surface area contributed by atoms with Crippen molar-refractivity contribution in [2.75, 3.05) is 11.9 Å². The van der Waals surface area contributed by atoms with Gasteiger partial charge in [0.2, 0.25) is 5.91 Å². The zero-order valence-corrected chi connectivity index (χ0v) is 15.9. The molecule has 1 amide bonds. The van der Waals surface area contributed by atoms with Crippen LogP contribution < -0.4 is 5.32 Å². The lowest BCUT2D eigenvalue weighted by Gasteiger charge is -2.18. The van der Waals surface area contributed by atoms with Crippen molar-refractivity contribution < 1.29 is 14.3 Å². The Bertz CT molecular complexity index is 823. The summed E-state index contributed by atoms with van der Waals surface area (Å²) in [6.45, 7) is 4.33. The Labute approximate surface area is 157 Å². The van der Waals surface area contributed by atoms with Gasteiger partial charge in [-0.25, -0.2) is 4.79 Å². The van der Waals surface area contributed by atoms with Crippen LogP contribution in [0.15, 0.2) is 36.4 Å². The van der Waals surface area contributed by atoms with Gasteiger partial charge in [0.15, 0.2) is 0 Å². The van der Waals surface area contributed by atoms with Crippen LogP contribution in [-0.4, -0.2) is 18.5 Å². The number of hydrogen-bond donors (Lipinski definition) is 1. The molecule has 3 rings (SSSR count). The fourth-order valence-electron chi connectivity index (χ4n) is 3.15. The molecule has 2 aromatic rings. The van der Waals surface area contributed by atoms with Crippen molar-refractivity contribution >= 4 is 34.3 Å². The first-order valence-corrected chi connectivity index (χ1v) is 9.76. The van der Waals surface area contributed by atoms with Crippen LogP contribution in [-0.2, 0) is 22.4 Å². The standard InChI is InChI=1S/C21H23NO3S/c1-3-25-21(24)19-16-11-9-14(2)13-17(16)26-20(19)22-18(23)12-10-15-7-5-4-6-8-15/h4-8,10,12,14H,3,9,11,13H2,1-2H3,(H,22,23)/b12-10+/t14-/m0/s1. The minimum Gasteiger partial charge on any atom is -0.462 e. The molecule has 0 saturated carbocycles. The third-order valence-electron chi connectivity index (χ3n) is 4.45. The fraction of sp³-hybridized carbons (Fsp3) is 0.333. The quantitative estimate of drug-likeness (QED) is 0.614. The van der Waals surface area contributed by atoms with E-state index >= 15 is 0 Å². The SMILES string of the molecule is CCOC(=O)c1c(NC(=O)/C=C/c2ccccc2)sc2c1CC[C@H](C)C2. The van der Waals surface area contributed by atoms with Crippen molar-refractivity contribution in [3.8, 4) is 0 Å². The molecule has 1 aromatic carbocycles. The minimum absolute atomic E-state index is 0.244. The molecule has 0 unspecified atom stereocenters. The van der Waals surface area contributed by atoms with E-state index in [-0.39, 0.29) is 11.9 Å².